The van der Waals surface area contributed by atoms with Gasteiger partial charge in [-0.15, -0.1) is 22.7 Å². The van der Waals surface area contributed by atoms with E-state index in [9.17, 15) is 14.7 Å². The van der Waals surface area contributed by atoms with Crippen molar-refractivity contribution in [1.82, 2.24) is 15.3 Å². The van der Waals surface area contributed by atoms with E-state index < -0.39 is 5.97 Å². The van der Waals surface area contributed by atoms with Gasteiger partial charge in [-0.1, -0.05) is 0 Å². The number of aryl methyl sites for hydroxylation is 2. The average molecular weight is 349 g/mol. The Kier molecular flexibility index (Phi) is 3.95. The predicted octanol–water partition coefficient (Wildman–Crippen LogP) is 3.49. The Labute approximate surface area is 140 Å². The van der Waals surface area contributed by atoms with E-state index in [1.54, 1.807) is 13.0 Å². The molecule has 3 aromatic heterocycles. The van der Waals surface area contributed by atoms with Gasteiger partial charge in [0, 0.05) is 10.3 Å². The topological polar surface area (TPSA) is 95.1 Å². The fourth-order valence-corrected chi connectivity index (χ4v) is 4.16. The largest absolute Gasteiger partial charge is 0.478 e. The van der Waals surface area contributed by atoms with Crippen molar-refractivity contribution in [3.63, 3.8) is 0 Å². The van der Waals surface area contributed by atoms with Crippen LogP contribution in [0.3, 0.4) is 0 Å². The summed E-state index contributed by atoms with van der Waals surface area (Å²) in [4.78, 5) is 31.7. The van der Waals surface area contributed by atoms with Crippen LogP contribution >= 0.6 is 22.7 Å². The molecule has 0 aromatic carbocycles. The van der Waals surface area contributed by atoms with Crippen LogP contribution in [0, 0.1) is 13.8 Å². The number of nitrogens with one attached hydrogen (secondary N) is 2. The SMILES string of the molecule is Cc1nc(C(C)NC(=O)c2cc3sc(C)c(C(=O)O)c3[nH]2)cs1. The summed E-state index contributed by atoms with van der Waals surface area (Å²) in [5, 5.41) is 15.0. The van der Waals surface area contributed by atoms with Crippen molar-refractivity contribution >= 4 is 44.8 Å². The van der Waals surface area contributed by atoms with Crippen molar-refractivity contribution in [1.29, 1.82) is 0 Å². The summed E-state index contributed by atoms with van der Waals surface area (Å²) in [6.07, 6.45) is 0. The van der Waals surface area contributed by atoms with Gasteiger partial charge in [-0.3, -0.25) is 4.79 Å². The van der Waals surface area contributed by atoms with E-state index in [1.807, 2.05) is 19.2 Å². The minimum atomic E-state index is -0.992. The molecule has 0 saturated carbocycles. The summed E-state index contributed by atoms with van der Waals surface area (Å²) in [7, 11) is 0. The summed E-state index contributed by atoms with van der Waals surface area (Å²) in [5.41, 5.74) is 1.90. The van der Waals surface area contributed by atoms with Gasteiger partial charge in [-0.25, -0.2) is 9.78 Å². The average Bonchev–Trinajstić information content (AvgIpc) is 3.11. The lowest BCUT2D eigenvalue weighted by molar-refractivity contribution is 0.0698. The highest BCUT2D eigenvalue weighted by Gasteiger charge is 2.21. The molecule has 0 aliphatic rings. The van der Waals surface area contributed by atoms with Crippen LogP contribution in [-0.4, -0.2) is 27.0 Å². The molecule has 1 unspecified atom stereocenters. The minimum Gasteiger partial charge on any atom is -0.478 e. The third-order valence-electron chi connectivity index (χ3n) is 3.53. The number of nitrogens with zero attached hydrogens (tertiary/aromatic N) is 1. The molecule has 0 fully saturated rings. The number of thiophene rings is 1. The van der Waals surface area contributed by atoms with Gasteiger partial charge in [-0.2, -0.15) is 0 Å². The van der Waals surface area contributed by atoms with Gasteiger partial charge < -0.3 is 15.4 Å². The standard InChI is InChI=1S/C15H15N3O3S2/c1-6(10-5-22-8(3)17-10)16-14(19)9-4-11-13(18-9)12(15(20)21)7(2)23-11/h4-6,18H,1-3H3,(H,16,19)(H,20,21). The van der Waals surface area contributed by atoms with Crippen LogP contribution in [0.5, 0.6) is 0 Å². The summed E-state index contributed by atoms with van der Waals surface area (Å²) in [5.74, 6) is -1.27. The first kappa shape index (κ1) is 15.7. The van der Waals surface area contributed by atoms with Crippen LogP contribution in [0.15, 0.2) is 11.4 Å². The number of aromatic carboxylic acids is 1. The molecule has 1 amide bonds. The summed E-state index contributed by atoms with van der Waals surface area (Å²) < 4.78 is 0.766. The Hall–Kier alpha value is -2.19. The number of carboxylic acid groups (broad SMARTS) is 1. The molecular weight excluding hydrogens is 334 g/mol. The Morgan fingerprint density at radius 1 is 1.39 bits per heavy atom. The quantitative estimate of drug-likeness (QED) is 0.672. The van der Waals surface area contributed by atoms with E-state index in [4.69, 9.17) is 0 Å². The van der Waals surface area contributed by atoms with Crippen LogP contribution in [0.2, 0.25) is 0 Å². The molecule has 0 radical (unpaired) electrons. The van der Waals surface area contributed by atoms with Gasteiger partial charge in [0.2, 0.25) is 0 Å². The first-order valence-electron chi connectivity index (χ1n) is 6.95. The van der Waals surface area contributed by atoms with E-state index in [2.05, 4.69) is 15.3 Å². The number of rotatable bonds is 4. The van der Waals surface area contributed by atoms with Gasteiger partial charge in [0.05, 0.1) is 32.5 Å². The Morgan fingerprint density at radius 2 is 2.13 bits per heavy atom. The molecule has 120 valence electrons. The maximum atomic E-state index is 12.4. The van der Waals surface area contributed by atoms with E-state index in [1.165, 1.54) is 22.7 Å². The molecule has 6 nitrogen and oxygen atoms in total. The number of fused-ring (bicyclic) bond motifs is 1. The molecule has 3 N–H and O–H groups in total. The van der Waals surface area contributed by atoms with E-state index >= 15 is 0 Å². The van der Waals surface area contributed by atoms with Crippen LogP contribution in [0.1, 0.15) is 49.4 Å². The first-order valence-corrected chi connectivity index (χ1v) is 8.64. The number of amides is 1. The molecule has 0 saturated heterocycles. The zero-order valence-corrected chi connectivity index (χ0v) is 14.4. The smallest absolute Gasteiger partial charge is 0.338 e. The van der Waals surface area contributed by atoms with Gasteiger partial charge in [-0.05, 0) is 26.8 Å². The number of hydrogen-bond donors (Lipinski definition) is 3. The maximum Gasteiger partial charge on any atom is 0.338 e. The van der Waals surface area contributed by atoms with Gasteiger partial charge >= 0.3 is 5.97 Å². The number of carbonyl (C=O) groups is 2. The second kappa shape index (κ2) is 5.78. The molecule has 3 aromatic rings. The summed E-state index contributed by atoms with van der Waals surface area (Å²) in [6.45, 7) is 5.54. The highest BCUT2D eigenvalue weighted by Crippen LogP contribution is 2.31. The second-order valence-electron chi connectivity index (χ2n) is 5.25. The summed E-state index contributed by atoms with van der Waals surface area (Å²) in [6, 6.07) is 1.47. The maximum absolute atomic E-state index is 12.4. The number of hydrogen-bond acceptors (Lipinski definition) is 5. The summed E-state index contributed by atoms with van der Waals surface area (Å²) >= 11 is 2.89. The van der Waals surface area contributed by atoms with E-state index in [-0.39, 0.29) is 17.5 Å². The third kappa shape index (κ3) is 2.87. The van der Waals surface area contributed by atoms with Crippen molar-refractivity contribution in [2.24, 2.45) is 0 Å². The zero-order valence-electron chi connectivity index (χ0n) is 12.8. The Morgan fingerprint density at radius 3 is 2.74 bits per heavy atom. The molecule has 3 heterocycles. The van der Waals surface area contributed by atoms with Crippen LogP contribution < -0.4 is 5.32 Å². The number of carboxylic acids is 1. The predicted molar refractivity (Wildman–Crippen MR) is 90.6 cm³/mol. The molecule has 0 aliphatic heterocycles. The van der Waals surface area contributed by atoms with Crippen molar-refractivity contribution in [2.75, 3.05) is 0 Å². The van der Waals surface area contributed by atoms with Gasteiger partial charge in [0.1, 0.15) is 5.69 Å². The lowest BCUT2D eigenvalue weighted by atomic mass is 10.2. The molecule has 1 atom stereocenters. The third-order valence-corrected chi connectivity index (χ3v) is 5.38. The number of aromatic amines is 1. The zero-order chi connectivity index (χ0) is 16.7. The second-order valence-corrected chi connectivity index (χ2v) is 7.57. The number of thiazole rings is 1. The highest BCUT2D eigenvalue weighted by molar-refractivity contribution is 7.19. The van der Waals surface area contributed by atoms with Crippen molar-refractivity contribution in [2.45, 2.75) is 26.8 Å². The van der Waals surface area contributed by atoms with Crippen LogP contribution in [0.4, 0.5) is 0 Å². The minimum absolute atomic E-state index is 0.213. The van der Waals surface area contributed by atoms with E-state index in [0.29, 0.717) is 11.2 Å². The number of aromatic nitrogens is 2. The molecule has 8 heteroatoms. The lowest BCUT2D eigenvalue weighted by Crippen LogP contribution is -2.27. The molecule has 3 rings (SSSR count). The number of carbonyl (C=O) groups excluding carboxylic acids is 1. The van der Waals surface area contributed by atoms with Crippen molar-refractivity contribution in [3.05, 3.63) is 38.3 Å². The van der Waals surface area contributed by atoms with Crippen LogP contribution in [-0.2, 0) is 0 Å². The molecule has 0 bridgehead atoms. The lowest BCUT2D eigenvalue weighted by Gasteiger charge is -2.10. The number of H-pyrrole nitrogens is 1. The normalized spacial score (nSPS) is 12.5. The molecule has 0 spiro atoms. The molecule has 23 heavy (non-hydrogen) atoms. The van der Waals surface area contributed by atoms with Crippen LogP contribution in [0.25, 0.3) is 10.2 Å². The fourth-order valence-electron chi connectivity index (χ4n) is 2.40. The molecule has 0 aliphatic carbocycles. The Balaban J connectivity index is 1.85. The monoisotopic (exact) mass is 349 g/mol. The van der Waals surface area contributed by atoms with Gasteiger partial charge in [0.15, 0.2) is 0 Å². The fraction of sp³-hybridized carbons (Fsp3) is 0.267. The molecular formula is C15H15N3O3S2. The van der Waals surface area contributed by atoms with E-state index in [0.717, 1.165) is 20.3 Å². The van der Waals surface area contributed by atoms with Crippen molar-refractivity contribution in [3.8, 4) is 0 Å². The highest BCUT2D eigenvalue weighted by atomic mass is 32.1. The Bertz CT molecular complexity index is 906. The first-order chi connectivity index (χ1) is 10.9. The van der Waals surface area contributed by atoms with Crippen molar-refractivity contribution < 1.29 is 14.7 Å². The van der Waals surface area contributed by atoms with Gasteiger partial charge in [0.25, 0.3) is 5.91 Å².